The van der Waals surface area contributed by atoms with Gasteiger partial charge in [-0.15, -0.1) is 0 Å². The van der Waals surface area contributed by atoms with Crippen LogP contribution in [0.3, 0.4) is 0 Å². The van der Waals surface area contributed by atoms with E-state index in [0.717, 1.165) is 31.6 Å². The second-order valence-electron chi connectivity index (χ2n) is 5.72. The summed E-state index contributed by atoms with van der Waals surface area (Å²) in [5.74, 6) is -1.73. The van der Waals surface area contributed by atoms with Crippen molar-refractivity contribution in [3.05, 3.63) is 59.4 Å². The standard InChI is InChI=1S/C18H18FN3O2/c19-14-6-2-1-5-13(14)18(24)21-15-11-12(17(20)23)7-8-16(15)22-9-3-4-10-22/h1-2,5-8,11H,3-4,9-10H2,(H2,20,23)(H,21,24). The van der Waals surface area contributed by atoms with Crippen LogP contribution in [0.5, 0.6) is 0 Å². The second kappa shape index (κ2) is 6.70. The normalized spacial score (nSPS) is 13.8. The molecular weight excluding hydrogens is 309 g/mol. The minimum absolute atomic E-state index is 0.0469. The SMILES string of the molecule is NC(=O)c1ccc(N2CCCC2)c(NC(=O)c2ccccc2F)c1. The Morgan fingerprint density at radius 3 is 2.46 bits per heavy atom. The molecule has 1 heterocycles. The van der Waals surface area contributed by atoms with E-state index in [1.807, 2.05) is 0 Å². The van der Waals surface area contributed by atoms with Crippen LogP contribution in [0, 0.1) is 5.82 Å². The Morgan fingerprint density at radius 1 is 1.08 bits per heavy atom. The molecule has 0 saturated carbocycles. The van der Waals surface area contributed by atoms with Gasteiger partial charge < -0.3 is 16.0 Å². The number of nitrogens with zero attached hydrogens (tertiary/aromatic N) is 1. The molecule has 1 aliphatic rings. The Labute approximate surface area is 139 Å². The first-order chi connectivity index (χ1) is 11.6. The van der Waals surface area contributed by atoms with Gasteiger partial charge in [0.2, 0.25) is 5.91 Å². The maximum Gasteiger partial charge on any atom is 0.258 e. The third-order valence-electron chi connectivity index (χ3n) is 4.09. The molecule has 1 saturated heterocycles. The molecule has 6 heteroatoms. The Morgan fingerprint density at radius 2 is 1.79 bits per heavy atom. The summed E-state index contributed by atoms with van der Waals surface area (Å²) in [5.41, 5.74) is 6.84. The number of primary amides is 1. The Kier molecular flexibility index (Phi) is 4.46. The van der Waals surface area contributed by atoms with Crippen LogP contribution in [-0.4, -0.2) is 24.9 Å². The molecule has 2 amide bonds. The van der Waals surface area contributed by atoms with E-state index in [1.54, 1.807) is 18.2 Å². The van der Waals surface area contributed by atoms with Gasteiger partial charge in [-0.2, -0.15) is 0 Å². The number of carbonyl (C=O) groups is 2. The fourth-order valence-electron chi connectivity index (χ4n) is 2.86. The first-order valence-corrected chi connectivity index (χ1v) is 7.81. The van der Waals surface area contributed by atoms with E-state index in [0.29, 0.717) is 11.3 Å². The fourth-order valence-corrected chi connectivity index (χ4v) is 2.86. The third kappa shape index (κ3) is 3.22. The van der Waals surface area contributed by atoms with Crippen molar-refractivity contribution in [3.63, 3.8) is 0 Å². The number of hydrogen-bond donors (Lipinski definition) is 2. The highest BCUT2D eigenvalue weighted by atomic mass is 19.1. The van der Waals surface area contributed by atoms with Crippen LogP contribution in [0.25, 0.3) is 0 Å². The predicted octanol–water partition coefficient (Wildman–Crippen LogP) is 2.78. The number of halogens is 1. The quantitative estimate of drug-likeness (QED) is 0.906. The molecule has 0 radical (unpaired) electrons. The molecule has 5 nitrogen and oxygen atoms in total. The lowest BCUT2D eigenvalue weighted by Crippen LogP contribution is -2.22. The number of hydrogen-bond acceptors (Lipinski definition) is 3. The van der Waals surface area contributed by atoms with Gasteiger partial charge in [0.15, 0.2) is 0 Å². The van der Waals surface area contributed by atoms with E-state index in [2.05, 4.69) is 10.2 Å². The van der Waals surface area contributed by atoms with Crippen LogP contribution in [-0.2, 0) is 0 Å². The van der Waals surface area contributed by atoms with Gasteiger partial charge in [0.25, 0.3) is 5.91 Å². The van der Waals surface area contributed by atoms with Crippen molar-refractivity contribution < 1.29 is 14.0 Å². The molecule has 0 bridgehead atoms. The molecular formula is C18H18FN3O2. The van der Waals surface area contributed by atoms with E-state index >= 15 is 0 Å². The lowest BCUT2D eigenvalue weighted by atomic mass is 10.1. The highest BCUT2D eigenvalue weighted by molar-refractivity contribution is 6.07. The summed E-state index contributed by atoms with van der Waals surface area (Å²) in [4.78, 5) is 26.0. The molecule has 0 aliphatic carbocycles. The lowest BCUT2D eigenvalue weighted by Gasteiger charge is -2.22. The van der Waals surface area contributed by atoms with Gasteiger partial charge in [-0.05, 0) is 43.2 Å². The number of nitrogens with one attached hydrogen (secondary N) is 1. The highest BCUT2D eigenvalue weighted by Crippen LogP contribution is 2.30. The van der Waals surface area contributed by atoms with Gasteiger partial charge in [-0.1, -0.05) is 12.1 Å². The number of benzene rings is 2. The molecule has 0 aromatic heterocycles. The monoisotopic (exact) mass is 327 g/mol. The van der Waals surface area contributed by atoms with Crippen molar-refractivity contribution in [2.75, 3.05) is 23.3 Å². The molecule has 0 atom stereocenters. The number of amides is 2. The molecule has 1 aliphatic heterocycles. The maximum absolute atomic E-state index is 13.8. The summed E-state index contributed by atoms with van der Waals surface area (Å²) >= 11 is 0. The summed E-state index contributed by atoms with van der Waals surface area (Å²) in [6, 6.07) is 10.7. The molecule has 2 aromatic rings. The van der Waals surface area contributed by atoms with E-state index in [-0.39, 0.29) is 5.56 Å². The molecule has 2 aromatic carbocycles. The summed E-state index contributed by atoms with van der Waals surface area (Å²) in [5, 5.41) is 2.71. The van der Waals surface area contributed by atoms with Gasteiger partial charge in [-0.25, -0.2) is 4.39 Å². The Bertz CT molecular complexity index is 786. The zero-order valence-electron chi connectivity index (χ0n) is 13.1. The number of nitrogens with two attached hydrogens (primary N) is 1. The topological polar surface area (TPSA) is 75.4 Å². The lowest BCUT2D eigenvalue weighted by molar-refractivity contribution is 0.0995. The third-order valence-corrected chi connectivity index (χ3v) is 4.09. The summed E-state index contributed by atoms with van der Waals surface area (Å²) < 4.78 is 13.8. The van der Waals surface area contributed by atoms with Gasteiger partial charge in [-0.3, -0.25) is 9.59 Å². The number of carbonyl (C=O) groups excluding carboxylic acids is 2. The van der Waals surface area contributed by atoms with Crippen molar-refractivity contribution in [2.45, 2.75) is 12.8 Å². The van der Waals surface area contributed by atoms with Gasteiger partial charge in [0.1, 0.15) is 5.82 Å². The van der Waals surface area contributed by atoms with Crippen LogP contribution < -0.4 is 16.0 Å². The van der Waals surface area contributed by atoms with Crippen molar-refractivity contribution >= 4 is 23.2 Å². The zero-order valence-corrected chi connectivity index (χ0v) is 13.1. The van der Waals surface area contributed by atoms with Crippen molar-refractivity contribution in [3.8, 4) is 0 Å². The van der Waals surface area contributed by atoms with Gasteiger partial charge >= 0.3 is 0 Å². The van der Waals surface area contributed by atoms with E-state index in [1.165, 1.54) is 24.3 Å². The minimum atomic E-state index is -0.594. The van der Waals surface area contributed by atoms with E-state index in [9.17, 15) is 14.0 Å². The van der Waals surface area contributed by atoms with Gasteiger partial charge in [0, 0.05) is 18.7 Å². The van der Waals surface area contributed by atoms with Crippen LogP contribution in [0.4, 0.5) is 15.8 Å². The molecule has 24 heavy (non-hydrogen) atoms. The molecule has 3 N–H and O–H groups in total. The van der Waals surface area contributed by atoms with Crippen molar-refractivity contribution in [1.29, 1.82) is 0 Å². The van der Waals surface area contributed by atoms with Crippen LogP contribution in [0.1, 0.15) is 33.6 Å². The number of rotatable bonds is 4. The van der Waals surface area contributed by atoms with Crippen LogP contribution in [0.2, 0.25) is 0 Å². The summed E-state index contributed by atoms with van der Waals surface area (Å²) in [6.45, 7) is 1.75. The molecule has 0 unspecified atom stereocenters. The molecule has 0 spiro atoms. The highest BCUT2D eigenvalue weighted by Gasteiger charge is 2.19. The number of anilines is 2. The zero-order chi connectivity index (χ0) is 17.1. The average molecular weight is 327 g/mol. The predicted molar refractivity (Wildman–Crippen MR) is 90.8 cm³/mol. The second-order valence-corrected chi connectivity index (χ2v) is 5.72. The average Bonchev–Trinajstić information content (AvgIpc) is 3.09. The van der Waals surface area contributed by atoms with E-state index in [4.69, 9.17) is 5.73 Å². The van der Waals surface area contributed by atoms with Gasteiger partial charge in [0.05, 0.1) is 16.9 Å². The first kappa shape index (κ1) is 16.0. The maximum atomic E-state index is 13.8. The Balaban J connectivity index is 1.95. The molecule has 124 valence electrons. The minimum Gasteiger partial charge on any atom is -0.370 e. The molecule has 1 fully saturated rings. The summed E-state index contributed by atoms with van der Waals surface area (Å²) in [6.07, 6.45) is 2.14. The Hall–Kier alpha value is -2.89. The van der Waals surface area contributed by atoms with Crippen molar-refractivity contribution in [2.24, 2.45) is 5.73 Å². The van der Waals surface area contributed by atoms with E-state index < -0.39 is 17.6 Å². The van der Waals surface area contributed by atoms with Crippen LogP contribution >= 0.6 is 0 Å². The fraction of sp³-hybridized carbons (Fsp3) is 0.222. The van der Waals surface area contributed by atoms with Crippen molar-refractivity contribution in [1.82, 2.24) is 0 Å². The molecule has 3 rings (SSSR count). The largest absolute Gasteiger partial charge is 0.370 e. The van der Waals surface area contributed by atoms with Crippen LogP contribution in [0.15, 0.2) is 42.5 Å². The first-order valence-electron chi connectivity index (χ1n) is 7.81. The summed E-state index contributed by atoms with van der Waals surface area (Å²) in [7, 11) is 0. The smallest absolute Gasteiger partial charge is 0.258 e.